The highest BCUT2D eigenvalue weighted by atomic mass is 16.6. The quantitative estimate of drug-likeness (QED) is 0.392. The number of aldehydes is 1. The number of amides is 2. The average molecular weight is 634 g/mol. The lowest BCUT2D eigenvalue weighted by Crippen LogP contribution is -2.56. The van der Waals surface area contributed by atoms with Crippen LogP contribution >= 0.6 is 0 Å². The molecule has 2 aliphatic heterocycles. The number of oxazole rings is 1. The molecule has 246 valence electrons. The fourth-order valence-electron chi connectivity index (χ4n) is 6.37. The first-order chi connectivity index (χ1) is 22.0. The van der Waals surface area contributed by atoms with Crippen LogP contribution in [0.4, 0.5) is 4.79 Å². The number of aryl methyl sites for hydroxylation is 2. The zero-order chi connectivity index (χ0) is 32.6. The zero-order valence-electron chi connectivity index (χ0n) is 27.2. The predicted octanol–water partition coefficient (Wildman–Crippen LogP) is 4.94. The fraction of sp³-hybridized carbons (Fsp3) is 0.588. The lowest BCUT2D eigenvalue weighted by atomic mass is 9.85. The Hall–Kier alpha value is -4.22. The zero-order valence-corrected chi connectivity index (χ0v) is 27.2. The van der Waals surface area contributed by atoms with Crippen LogP contribution < -0.4 is 14.8 Å². The maximum atomic E-state index is 14.0. The lowest BCUT2D eigenvalue weighted by molar-refractivity contribution is -0.139. The third-order valence-corrected chi connectivity index (χ3v) is 9.23. The predicted molar refractivity (Wildman–Crippen MR) is 167 cm³/mol. The van der Waals surface area contributed by atoms with Gasteiger partial charge in [0.25, 0.3) is 0 Å². The van der Waals surface area contributed by atoms with Crippen LogP contribution in [0.15, 0.2) is 28.8 Å². The Morgan fingerprint density at radius 1 is 1.09 bits per heavy atom. The van der Waals surface area contributed by atoms with E-state index in [2.05, 4.69) is 10.3 Å². The molecule has 3 aromatic rings. The van der Waals surface area contributed by atoms with E-state index in [1.807, 2.05) is 46.8 Å². The Kier molecular flexibility index (Phi) is 8.89. The molecule has 1 saturated heterocycles. The number of hydrogen-bond acceptors (Lipinski definition) is 10. The first-order valence-electron chi connectivity index (χ1n) is 16.2. The van der Waals surface area contributed by atoms with Crippen molar-refractivity contribution in [1.29, 1.82) is 0 Å². The molecule has 3 aliphatic rings. The summed E-state index contributed by atoms with van der Waals surface area (Å²) >= 11 is 0. The molecule has 12 nitrogen and oxygen atoms in total. The minimum atomic E-state index is -0.890. The van der Waals surface area contributed by atoms with Gasteiger partial charge >= 0.3 is 6.09 Å². The molecule has 2 aromatic heterocycles. The Bertz CT molecular complexity index is 1600. The number of fused-ring (bicyclic) bond motifs is 5. The van der Waals surface area contributed by atoms with Gasteiger partial charge in [-0.05, 0) is 56.1 Å². The van der Waals surface area contributed by atoms with Crippen LogP contribution in [0.2, 0.25) is 0 Å². The summed E-state index contributed by atoms with van der Waals surface area (Å²) < 4.78 is 23.7. The van der Waals surface area contributed by atoms with Gasteiger partial charge in [-0.3, -0.25) is 4.79 Å². The third kappa shape index (κ3) is 6.95. The van der Waals surface area contributed by atoms with Gasteiger partial charge in [0, 0.05) is 12.0 Å². The van der Waals surface area contributed by atoms with Crippen LogP contribution in [0.25, 0.3) is 11.0 Å². The number of hydrogen-bond donors (Lipinski definition) is 1. The van der Waals surface area contributed by atoms with Crippen molar-refractivity contribution in [2.75, 3.05) is 6.54 Å². The van der Waals surface area contributed by atoms with Gasteiger partial charge in [-0.15, -0.1) is 0 Å². The van der Waals surface area contributed by atoms with E-state index in [0.29, 0.717) is 46.7 Å². The number of alkyl carbamates (subject to hydrolysis) is 1. The summed E-state index contributed by atoms with van der Waals surface area (Å²) in [5.74, 6) is 1.82. The molecular weight excluding hydrogens is 590 g/mol. The highest BCUT2D eigenvalue weighted by molar-refractivity contribution is 5.89. The van der Waals surface area contributed by atoms with Gasteiger partial charge in [-0.1, -0.05) is 40.5 Å². The van der Waals surface area contributed by atoms with Gasteiger partial charge in [0.05, 0.1) is 29.8 Å². The molecule has 2 bridgehead atoms. The van der Waals surface area contributed by atoms with Crippen LogP contribution in [-0.2, 0) is 27.4 Å². The van der Waals surface area contributed by atoms with Crippen LogP contribution in [0.5, 0.6) is 11.6 Å². The number of carbonyl (C=O) groups excluding carboxylic acids is 3. The number of nitrogens with one attached hydrogen (secondary N) is 1. The van der Waals surface area contributed by atoms with Crippen molar-refractivity contribution in [1.82, 2.24) is 25.2 Å². The molecule has 6 rings (SSSR count). The van der Waals surface area contributed by atoms with Crippen LogP contribution in [0, 0.1) is 24.2 Å². The van der Waals surface area contributed by atoms with E-state index < -0.39 is 29.7 Å². The first kappa shape index (κ1) is 31.7. The standard InChI is InChI=1S/C34H43N5O7/c1-19-15-35-29(44-19)18-43-22-11-12-23-25(14-22)37-31-24(36-23)10-8-6-7-9-21-13-27(21)46-33(42)38-30(34(3,4)5)32(41)39-16-28(45-31)20(2)26(39)17-40/h11-12,14-15,17,20-21,26-28,30H,6-10,13,16,18H2,1-5H3,(H,38,42)/t20-,21+,26+,27+,28-,30+/m0/s1. The van der Waals surface area contributed by atoms with Crippen molar-refractivity contribution < 1.29 is 33.0 Å². The molecule has 2 fully saturated rings. The van der Waals surface area contributed by atoms with E-state index in [9.17, 15) is 14.4 Å². The lowest BCUT2D eigenvalue weighted by Gasteiger charge is -2.34. The highest BCUT2D eigenvalue weighted by Gasteiger charge is 2.48. The molecule has 0 unspecified atom stereocenters. The van der Waals surface area contributed by atoms with Gasteiger partial charge < -0.3 is 33.6 Å². The highest BCUT2D eigenvalue weighted by Crippen LogP contribution is 2.39. The number of carbonyl (C=O) groups is 3. The average Bonchev–Trinajstić information content (AvgIpc) is 3.46. The smallest absolute Gasteiger partial charge is 0.408 e. The second-order valence-corrected chi connectivity index (χ2v) is 13.9. The normalized spacial score (nSPS) is 27.4. The van der Waals surface area contributed by atoms with E-state index in [1.54, 1.807) is 12.3 Å². The van der Waals surface area contributed by atoms with Crippen LogP contribution in [-0.4, -0.2) is 69.0 Å². The number of nitrogens with zero attached hydrogens (tertiary/aromatic N) is 4. The summed E-state index contributed by atoms with van der Waals surface area (Å²) in [5, 5.41) is 2.82. The molecule has 2 amide bonds. The molecule has 6 atom stereocenters. The van der Waals surface area contributed by atoms with Crippen molar-refractivity contribution >= 4 is 29.3 Å². The third-order valence-electron chi connectivity index (χ3n) is 9.23. The maximum absolute atomic E-state index is 14.0. The van der Waals surface area contributed by atoms with Crippen LogP contribution in [0.1, 0.15) is 77.1 Å². The molecule has 1 aromatic carbocycles. The number of rotatable bonds is 4. The van der Waals surface area contributed by atoms with Gasteiger partial charge in [-0.2, -0.15) is 0 Å². The summed E-state index contributed by atoms with van der Waals surface area (Å²) in [6.45, 7) is 9.70. The van der Waals surface area contributed by atoms with Crippen molar-refractivity contribution in [3.05, 3.63) is 41.7 Å². The SMILES string of the molecule is Cc1cnc(COc2ccc3nc4c(nc3c2)O[C@H]2CN(C(=O)[C@H](C(C)(C)C)NC(=O)O[C@@H]3C[C@H]3CCCCC4)[C@H](C=O)[C@@H]2C)o1. The number of benzene rings is 1. The summed E-state index contributed by atoms with van der Waals surface area (Å²) in [4.78, 5) is 54.9. The Balaban J connectivity index is 1.30. The summed E-state index contributed by atoms with van der Waals surface area (Å²) in [5.41, 5.74) is 1.43. The van der Waals surface area contributed by atoms with E-state index in [0.717, 1.165) is 44.1 Å². The van der Waals surface area contributed by atoms with Crippen molar-refractivity contribution in [2.45, 2.75) is 104 Å². The molecular formula is C34H43N5O7. The minimum Gasteiger partial charge on any atom is -0.484 e. The van der Waals surface area contributed by atoms with Crippen LogP contribution in [0.3, 0.4) is 0 Å². The molecule has 12 heteroatoms. The summed E-state index contributed by atoms with van der Waals surface area (Å²) in [7, 11) is 0. The Labute approximate surface area is 268 Å². The Morgan fingerprint density at radius 2 is 1.91 bits per heavy atom. The first-order valence-corrected chi connectivity index (χ1v) is 16.2. The molecule has 1 saturated carbocycles. The van der Waals surface area contributed by atoms with E-state index in [-0.39, 0.29) is 31.1 Å². The van der Waals surface area contributed by atoms with Crippen molar-refractivity contribution in [3.8, 4) is 11.6 Å². The minimum absolute atomic E-state index is 0.131. The Morgan fingerprint density at radius 3 is 2.65 bits per heavy atom. The molecule has 1 aliphatic carbocycles. The summed E-state index contributed by atoms with van der Waals surface area (Å²) in [6, 6.07) is 3.90. The molecule has 0 spiro atoms. The fourth-order valence-corrected chi connectivity index (χ4v) is 6.37. The van der Waals surface area contributed by atoms with Crippen molar-refractivity contribution in [2.24, 2.45) is 17.3 Å². The van der Waals surface area contributed by atoms with Gasteiger partial charge in [-0.25, -0.2) is 19.7 Å². The monoisotopic (exact) mass is 633 g/mol. The van der Waals surface area contributed by atoms with Gasteiger partial charge in [0.2, 0.25) is 17.7 Å². The largest absolute Gasteiger partial charge is 0.484 e. The molecule has 4 heterocycles. The molecule has 1 N–H and O–H groups in total. The second-order valence-electron chi connectivity index (χ2n) is 13.9. The van der Waals surface area contributed by atoms with Gasteiger partial charge in [0.15, 0.2) is 6.61 Å². The van der Waals surface area contributed by atoms with E-state index >= 15 is 0 Å². The second kappa shape index (κ2) is 12.9. The number of ether oxygens (including phenoxy) is 3. The molecule has 0 radical (unpaired) electrons. The van der Waals surface area contributed by atoms with Crippen molar-refractivity contribution in [3.63, 3.8) is 0 Å². The van der Waals surface area contributed by atoms with E-state index in [1.165, 1.54) is 4.90 Å². The summed E-state index contributed by atoms with van der Waals surface area (Å²) in [6.07, 6.45) is 6.54. The van der Waals surface area contributed by atoms with E-state index in [4.69, 9.17) is 28.6 Å². The topological polar surface area (TPSA) is 146 Å². The maximum Gasteiger partial charge on any atom is 0.408 e. The molecule has 46 heavy (non-hydrogen) atoms. The number of aromatic nitrogens is 3. The van der Waals surface area contributed by atoms with Gasteiger partial charge in [0.1, 0.15) is 41.7 Å².